The number of hydrogen-bond acceptors (Lipinski definition) is 7. The normalized spacial score (nSPS) is 21.0. The van der Waals surface area contributed by atoms with E-state index in [0.29, 0.717) is 6.61 Å². The molecule has 0 spiro atoms. The number of hydrazone groups is 1. The van der Waals surface area contributed by atoms with Gasteiger partial charge in [-0.15, -0.1) is 11.3 Å². The maximum atomic E-state index is 6.49. The van der Waals surface area contributed by atoms with Crippen molar-refractivity contribution in [3.8, 4) is 23.0 Å². The third-order valence-corrected chi connectivity index (χ3v) is 6.48. The van der Waals surface area contributed by atoms with Gasteiger partial charge in [-0.1, -0.05) is 18.2 Å². The highest BCUT2D eigenvalue weighted by molar-refractivity contribution is 7.10. The van der Waals surface area contributed by atoms with E-state index < -0.39 is 0 Å². The molecule has 3 aliphatic rings. The Morgan fingerprint density at radius 1 is 1.13 bits per heavy atom. The predicted octanol–water partition coefficient (Wildman–Crippen LogP) is 5.12. The molecule has 1 aromatic heterocycles. The van der Waals surface area contributed by atoms with E-state index in [4.69, 9.17) is 24.0 Å². The summed E-state index contributed by atoms with van der Waals surface area (Å²) in [6.45, 7) is 2.85. The Kier molecular flexibility index (Phi) is 4.09. The van der Waals surface area contributed by atoms with Crippen LogP contribution in [0, 0.1) is 0 Å². The van der Waals surface area contributed by atoms with Gasteiger partial charge in [0.1, 0.15) is 0 Å². The predicted molar refractivity (Wildman–Crippen MR) is 114 cm³/mol. The molecule has 3 aromatic rings. The number of nitrogens with zero attached hydrogens (tertiary/aromatic N) is 2. The van der Waals surface area contributed by atoms with Gasteiger partial charge in [0.2, 0.25) is 13.0 Å². The summed E-state index contributed by atoms with van der Waals surface area (Å²) >= 11 is 1.67. The lowest BCUT2D eigenvalue weighted by atomic mass is 9.96. The first-order chi connectivity index (χ1) is 14.8. The van der Waals surface area contributed by atoms with Gasteiger partial charge in [-0.25, -0.2) is 5.01 Å². The largest absolute Gasteiger partial charge is 0.490 e. The minimum absolute atomic E-state index is 0.0849. The van der Waals surface area contributed by atoms with Gasteiger partial charge in [-0.05, 0) is 42.6 Å². The van der Waals surface area contributed by atoms with Crippen LogP contribution in [0.2, 0.25) is 0 Å². The van der Waals surface area contributed by atoms with Crippen LogP contribution in [-0.2, 0) is 0 Å². The second kappa shape index (κ2) is 6.95. The third-order valence-electron chi connectivity index (χ3n) is 5.57. The van der Waals surface area contributed by atoms with Crippen LogP contribution in [0.5, 0.6) is 23.0 Å². The number of benzene rings is 2. The van der Waals surface area contributed by atoms with Gasteiger partial charge in [-0.2, -0.15) is 5.10 Å². The molecule has 0 amide bonds. The second-order valence-electron chi connectivity index (χ2n) is 7.31. The Labute approximate surface area is 178 Å². The fraction of sp³-hybridized carbons (Fsp3) is 0.261. The van der Waals surface area contributed by atoms with Crippen molar-refractivity contribution in [3.63, 3.8) is 0 Å². The zero-order valence-electron chi connectivity index (χ0n) is 16.4. The van der Waals surface area contributed by atoms with Gasteiger partial charge < -0.3 is 18.9 Å². The van der Waals surface area contributed by atoms with Gasteiger partial charge in [0.15, 0.2) is 23.0 Å². The van der Waals surface area contributed by atoms with Crippen LogP contribution < -0.4 is 18.9 Å². The summed E-state index contributed by atoms with van der Waals surface area (Å²) in [4.78, 5) is 1.12. The van der Waals surface area contributed by atoms with Crippen molar-refractivity contribution < 1.29 is 18.9 Å². The van der Waals surface area contributed by atoms with E-state index >= 15 is 0 Å². The Balaban J connectivity index is 1.43. The first-order valence-corrected chi connectivity index (χ1v) is 10.9. The molecule has 0 saturated heterocycles. The average Bonchev–Trinajstić information content (AvgIpc) is 3.53. The number of hydrogen-bond donors (Lipinski definition) is 0. The van der Waals surface area contributed by atoms with Crippen LogP contribution in [0.4, 0.5) is 0 Å². The van der Waals surface area contributed by atoms with E-state index in [9.17, 15) is 0 Å². The van der Waals surface area contributed by atoms with Crippen LogP contribution in [0.15, 0.2) is 59.0 Å². The number of thiophene rings is 1. The summed E-state index contributed by atoms with van der Waals surface area (Å²) < 4.78 is 23.4. The SMILES string of the molecule is CCOc1cccc2c1OC(c1cccs1)N1N=C(c3ccc4c(c3)OCO4)CC21. The fourth-order valence-electron chi connectivity index (χ4n) is 4.22. The molecule has 152 valence electrons. The summed E-state index contributed by atoms with van der Waals surface area (Å²) in [7, 11) is 0. The minimum atomic E-state index is -0.282. The lowest BCUT2D eigenvalue weighted by Crippen LogP contribution is -2.33. The van der Waals surface area contributed by atoms with E-state index in [1.807, 2.05) is 43.3 Å². The number of fused-ring (bicyclic) bond motifs is 4. The Hall–Kier alpha value is -3.19. The van der Waals surface area contributed by atoms with E-state index in [2.05, 4.69) is 22.5 Å². The average molecular weight is 420 g/mol. The molecular weight excluding hydrogens is 400 g/mol. The van der Waals surface area contributed by atoms with Gasteiger partial charge in [0.05, 0.1) is 23.2 Å². The van der Waals surface area contributed by atoms with E-state index in [1.165, 1.54) is 0 Å². The zero-order chi connectivity index (χ0) is 20.1. The van der Waals surface area contributed by atoms with Crippen LogP contribution in [0.25, 0.3) is 0 Å². The number of rotatable bonds is 4. The summed E-state index contributed by atoms with van der Waals surface area (Å²) in [5.41, 5.74) is 3.16. The molecule has 3 aliphatic heterocycles. The molecule has 0 aliphatic carbocycles. The Morgan fingerprint density at radius 2 is 2.07 bits per heavy atom. The van der Waals surface area contributed by atoms with Crippen molar-refractivity contribution in [1.29, 1.82) is 0 Å². The van der Waals surface area contributed by atoms with Crippen LogP contribution in [0.3, 0.4) is 0 Å². The molecule has 4 heterocycles. The van der Waals surface area contributed by atoms with Crippen LogP contribution >= 0.6 is 11.3 Å². The van der Waals surface area contributed by atoms with Gasteiger partial charge in [0.25, 0.3) is 0 Å². The van der Waals surface area contributed by atoms with Crippen LogP contribution in [0.1, 0.15) is 41.6 Å². The molecule has 30 heavy (non-hydrogen) atoms. The quantitative estimate of drug-likeness (QED) is 0.587. The van der Waals surface area contributed by atoms with Gasteiger partial charge in [-0.3, -0.25) is 0 Å². The molecule has 0 bridgehead atoms. The summed E-state index contributed by atoms with van der Waals surface area (Å²) in [5.74, 6) is 3.15. The Bertz CT molecular complexity index is 1130. The highest BCUT2D eigenvalue weighted by Crippen LogP contribution is 2.51. The molecule has 2 unspecified atom stereocenters. The molecule has 2 atom stereocenters. The highest BCUT2D eigenvalue weighted by atomic mass is 32.1. The fourth-order valence-corrected chi connectivity index (χ4v) is 4.97. The number of ether oxygens (including phenoxy) is 4. The molecule has 6 nitrogen and oxygen atoms in total. The smallest absolute Gasteiger partial charge is 0.231 e. The lowest BCUT2D eigenvalue weighted by Gasteiger charge is -2.38. The molecule has 0 fully saturated rings. The third kappa shape index (κ3) is 2.73. The van der Waals surface area contributed by atoms with E-state index in [0.717, 1.165) is 51.1 Å². The van der Waals surface area contributed by atoms with Crippen molar-refractivity contribution in [2.45, 2.75) is 25.6 Å². The lowest BCUT2D eigenvalue weighted by molar-refractivity contribution is -0.0188. The van der Waals surface area contributed by atoms with E-state index in [1.54, 1.807) is 11.3 Å². The first kappa shape index (κ1) is 17.7. The van der Waals surface area contributed by atoms with Gasteiger partial charge >= 0.3 is 0 Å². The van der Waals surface area contributed by atoms with Crippen molar-refractivity contribution in [2.75, 3.05) is 13.4 Å². The maximum Gasteiger partial charge on any atom is 0.231 e. The number of para-hydroxylation sites is 1. The summed E-state index contributed by atoms with van der Waals surface area (Å²) in [6, 6.07) is 16.3. The molecule has 0 saturated carbocycles. The van der Waals surface area contributed by atoms with Crippen molar-refractivity contribution in [1.82, 2.24) is 5.01 Å². The highest BCUT2D eigenvalue weighted by Gasteiger charge is 2.42. The molecule has 2 aromatic carbocycles. The molecule has 0 N–H and O–H groups in total. The standard InChI is InChI=1S/C23H20N2O4S/c1-2-26-19-6-3-5-15-17-12-16(14-8-9-18-20(11-14)28-13-27-18)24-25(17)23(29-22(15)19)21-7-4-10-30-21/h3-11,17,23H,2,12-13H2,1H3. The molecule has 0 radical (unpaired) electrons. The summed E-state index contributed by atoms with van der Waals surface area (Å²) in [5, 5.41) is 9.16. The second-order valence-corrected chi connectivity index (χ2v) is 8.29. The van der Waals surface area contributed by atoms with Gasteiger partial charge in [0, 0.05) is 17.5 Å². The van der Waals surface area contributed by atoms with Crippen molar-refractivity contribution >= 4 is 17.0 Å². The molecule has 7 heteroatoms. The van der Waals surface area contributed by atoms with Crippen LogP contribution in [-0.4, -0.2) is 24.1 Å². The Morgan fingerprint density at radius 3 is 2.93 bits per heavy atom. The maximum absolute atomic E-state index is 6.49. The monoisotopic (exact) mass is 420 g/mol. The zero-order valence-corrected chi connectivity index (χ0v) is 17.2. The topological polar surface area (TPSA) is 52.5 Å². The first-order valence-electron chi connectivity index (χ1n) is 10.0. The van der Waals surface area contributed by atoms with Crippen molar-refractivity contribution in [2.24, 2.45) is 5.10 Å². The van der Waals surface area contributed by atoms with Crippen molar-refractivity contribution in [3.05, 3.63) is 69.9 Å². The molecular formula is C23H20N2O4S. The minimum Gasteiger partial charge on any atom is -0.490 e. The molecule has 6 rings (SSSR count). The van der Waals surface area contributed by atoms with E-state index in [-0.39, 0.29) is 19.1 Å². The summed E-state index contributed by atoms with van der Waals surface area (Å²) in [6.07, 6.45) is 0.503.